The van der Waals surface area contributed by atoms with E-state index in [4.69, 9.17) is 4.18 Å². The standard InChI is InChI=1S/C30H36N2O4S/c1-4-32(5-2)29(33)25-15-17-26(18-16-25)30(27-13-9-14-28(21-27)36-37(3,34)35)19-10-20-31(23-30)22-24-11-7-6-8-12-24/h6-9,11-18,21H,4-5,10,19-20,22-23H2,1-3H3. The first-order valence-corrected chi connectivity index (χ1v) is 14.7. The van der Waals surface area contributed by atoms with Crippen molar-refractivity contribution in [1.29, 1.82) is 0 Å². The molecule has 7 heteroatoms. The molecule has 3 aromatic carbocycles. The lowest BCUT2D eigenvalue weighted by molar-refractivity contribution is 0.0773. The van der Waals surface area contributed by atoms with Gasteiger partial charge in [-0.3, -0.25) is 9.69 Å². The summed E-state index contributed by atoms with van der Waals surface area (Å²) in [5, 5.41) is 0. The maximum absolute atomic E-state index is 12.9. The van der Waals surface area contributed by atoms with Gasteiger partial charge in [-0.1, -0.05) is 54.6 Å². The Morgan fingerprint density at radius 3 is 2.30 bits per heavy atom. The maximum Gasteiger partial charge on any atom is 0.306 e. The van der Waals surface area contributed by atoms with Crippen molar-refractivity contribution in [2.24, 2.45) is 0 Å². The normalized spacial score (nSPS) is 18.4. The van der Waals surface area contributed by atoms with E-state index in [0.29, 0.717) is 24.4 Å². The highest BCUT2D eigenvalue weighted by molar-refractivity contribution is 7.86. The zero-order valence-corrected chi connectivity index (χ0v) is 22.7. The monoisotopic (exact) mass is 520 g/mol. The van der Waals surface area contributed by atoms with Gasteiger partial charge in [-0.15, -0.1) is 0 Å². The Labute approximate surface area is 221 Å². The van der Waals surface area contributed by atoms with Crippen LogP contribution in [0.5, 0.6) is 5.75 Å². The fourth-order valence-corrected chi connectivity index (χ4v) is 5.86. The van der Waals surface area contributed by atoms with Crippen LogP contribution < -0.4 is 4.18 Å². The van der Waals surface area contributed by atoms with Gasteiger partial charge in [0.2, 0.25) is 0 Å². The summed E-state index contributed by atoms with van der Waals surface area (Å²) in [6.07, 6.45) is 2.96. The highest BCUT2D eigenvalue weighted by Crippen LogP contribution is 2.42. The Hall–Kier alpha value is -3.16. The Kier molecular flexibility index (Phi) is 8.35. The maximum atomic E-state index is 12.9. The number of amides is 1. The molecule has 0 spiro atoms. The summed E-state index contributed by atoms with van der Waals surface area (Å²) in [7, 11) is -3.64. The van der Waals surface area contributed by atoms with E-state index in [1.165, 1.54) is 5.56 Å². The summed E-state index contributed by atoms with van der Waals surface area (Å²) >= 11 is 0. The van der Waals surface area contributed by atoms with Crippen molar-refractivity contribution in [2.45, 2.75) is 38.6 Å². The molecule has 6 nitrogen and oxygen atoms in total. The molecular weight excluding hydrogens is 484 g/mol. The third-order valence-electron chi connectivity index (χ3n) is 7.19. The van der Waals surface area contributed by atoms with E-state index in [0.717, 1.165) is 49.9 Å². The highest BCUT2D eigenvalue weighted by atomic mass is 32.2. The van der Waals surface area contributed by atoms with E-state index in [1.54, 1.807) is 6.07 Å². The molecule has 4 rings (SSSR count). The van der Waals surface area contributed by atoms with Crippen LogP contribution in [0.15, 0.2) is 78.9 Å². The van der Waals surface area contributed by atoms with Crippen molar-refractivity contribution >= 4 is 16.0 Å². The van der Waals surface area contributed by atoms with Crippen LogP contribution in [0.3, 0.4) is 0 Å². The molecular formula is C30H36N2O4S. The van der Waals surface area contributed by atoms with E-state index in [-0.39, 0.29) is 11.3 Å². The van der Waals surface area contributed by atoms with Gasteiger partial charge in [0.25, 0.3) is 5.91 Å². The van der Waals surface area contributed by atoms with Crippen molar-refractivity contribution in [3.05, 3.63) is 101 Å². The molecule has 37 heavy (non-hydrogen) atoms. The second-order valence-electron chi connectivity index (χ2n) is 9.75. The fourth-order valence-electron chi connectivity index (χ4n) is 5.40. The van der Waals surface area contributed by atoms with Gasteiger partial charge >= 0.3 is 10.1 Å². The number of hydrogen-bond donors (Lipinski definition) is 0. The van der Waals surface area contributed by atoms with Crippen molar-refractivity contribution in [3.63, 3.8) is 0 Å². The number of likely N-dealkylation sites (tertiary alicyclic amines) is 1. The molecule has 1 saturated heterocycles. The van der Waals surface area contributed by atoms with E-state index >= 15 is 0 Å². The molecule has 0 aromatic heterocycles. The number of carbonyl (C=O) groups is 1. The molecule has 1 aliphatic rings. The van der Waals surface area contributed by atoms with E-state index < -0.39 is 10.1 Å². The highest BCUT2D eigenvalue weighted by Gasteiger charge is 2.39. The third kappa shape index (κ3) is 6.40. The molecule has 196 valence electrons. The zero-order valence-electron chi connectivity index (χ0n) is 21.9. The molecule has 1 atom stereocenters. The second-order valence-corrected chi connectivity index (χ2v) is 11.3. The Balaban J connectivity index is 1.73. The second kappa shape index (κ2) is 11.5. The largest absolute Gasteiger partial charge is 0.383 e. The van der Waals surface area contributed by atoms with E-state index in [2.05, 4.69) is 47.4 Å². The quantitative estimate of drug-likeness (QED) is 0.368. The first-order chi connectivity index (χ1) is 17.7. The molecule has 0 radical (unpaired) electrons. The van der Waals surface area contributed by atoms with Crippen LogP contribution in [0.2, 0.25) is 0 Å². The average molecular weight is 521 g/mol. The van der Waals surface area contributed by atoms with Crippen molar-refractivity contribution in [3.8, 4) is 5.75 Å². The number of carbonyl (C=O) groups excluding carboxylic acids is 1. The van der Waals surface area contributed by atoms with Gasteiger partial charge in [-0.2, -0.15) is 8.42 Å². The molecule has 0 aliphatic carbocycles. The smallest absolute Gasteiger partial charge is 0.306 e. The van der Waals surface area contributed by atoms with Gasteiger partial charge in [0.15, 0.2) is 0 Å². The van der Waals surface area contributed by atoms with Gasteiger partial charge in [0.1, 0.15) is 5.75 Å². The molecule has 1 heterocycles. The third-order valence-corrected chi connectivity index (χ3v) is 7.68. The Bertz CT molecular complexity index is 1300. The number of rotatable bonds is 9. The summed E-state index contributed by atoms with van der Waals surface area (Å²) in [5.74, 6) is 0.344. The van der Waals surface area contributed by atoms with Gasteiger partial charge in [-0.25, -0.2) is 0 Å². The topological polar surface area (TPSA) is 66.9 Å². The van der Waals surface area contributed by atoms with Crippen molar-refractivity contribution in [2.75, 3.05) is 32.4 Å². The molecule has 0 bridgehead atoms. The first kappa shape index (κ1) is 26.9. The minimum atomic E-state index is -3.64. The van der Waals surface area contributed by atoms with Crippen LogP contribution in [-0.2, 0) is 22.1 Å². The van der Waals surface area contributed by atoms with Gasteiger partial charge in [-0.05, 0) is 74.2 Å². The average Bonchev–Trinajstić information content (AvgIpc) is 2.89. The summed E-state index contributed by atoms with van der Waals surface area (Å²) < 4.78 is 28.9. The first-order valence-electron chi connectivity index (χ1n) is 12.9. The lowest BCUT2D eigenvalue weighted by Gasteiger charge is -2.44. The van der Waals surface area contributed by atoms with Crippen LogP contribution in [0.4, 0.5) is 0 Å². The molecule has 0 saturated carbocycles. The molecule has 1 fully saturated rings. The lowest BCUT2D eigenvalue weighted by Crippen LogP contribution is -2.46. The summed E-state index contributed by atoms with van der Waals surface area (Å²) in [4.78, 5) is 17.2. The summed E-state index contributed by atoms with van der Waals surface area (Å²) in [5.41, 5.74) is 3.68. The van der Waals surface area contributed by atoms with E-state index in [1.807, 2.05) is 49.1 Å². The number of piperidine rings is 1. The van der Waals surface area contributed by atoms with Crippen molar-refractivity contribution in [1.82, 2.24) is 9.80 Å². The van der Waals surface area contributed by atoms with Crippen molar-refractivity contribution < 1.29 is 17.4 Å². The summed E-state index contributed by atoms with van der Waals surface area (Å²) in [6.45, 7) is 7.90. The van der Waals surface area contributed by atoms with Crippen LogP contribution in [0, 0.1) is 0 Å². The van der Waals surface area contributed by atoms with Crippen LogP contribution in [-0.4, -0.2) is 56.6 Å². The van der Waals surface area contributed by atoms with Crippen LogP contribution >= 0.6 is 0 Å². The van der Waals surface area contributed by atoms with Gasteiger partial charge in [0, 0.05) is 37.2 Å². The fraction of sp³-hybridized carbons (Fsp3) is 0.367. The zero-order chi connectivity index (χ0) is 26.5. The molecule has 1 unspecified atom stereocenters. The SMILES string of the molecule is CCN(CC)C(=O)c1ccc(C2(c3cccc(OS(C)(=O)=O)c3)CCCN(Cc3ccccc3)C2)cc1. The van der Waals surface area contributed by atoms with Crippen LogP contribution in [0.25, 0.3) is 0 Å². The number of hydrogen-bond acceptors (Lipinski definition) is 5. The Morgan fingerprint density at radius 1 is 0.946 bits per heavy atom. The predicted octanol–water partition coefficient (Wildman–Crippen LogP) is 5.09. The Morgan fingerprint density at radius 2 is 1.65 bits per heavy atom. The van der Waals surface area contributed by atoms with E-state index in [9.17, 15) is 13.2 Å². The minimum absolute atomic E-state index is 0.0310. The van der Waals surface area contributed by atoms with Gasteiger partial charge < -0.3 is 9.08 Å². The van der Waals surface area contributed by atoms with Gasteiger partial charge in [0.05, 0.1) is 6.26 Å². The number of nitrogens with zero attached hydrogens (tertiary/aromatic N) is 2. The lowest BCUT2D eigenvalue weighted by atomic mass is 9.69. The number of benzene rings is 3. The summed E-state index contributed by atoms with van der Waals surface area (Å²) in [6, 6.07) is 25.8. The molecule has 3 aromatic rings. The van der Waals surface area contributed by atoms with Crippen LogP contribution in [0.1, 0.15) is 53.7 Å². The predicted molar refractivity (Wildman–Crippen MR) is 147 cm³/mol. The molecule has 1 aliphatic heterocycles. The molecule has 1 amide bonds. The minimum Gasteiger partial charge on any atom is -0.383 e. The molecule has 0 N–H and O–H groups in total.